The van der Waals surface area contributed by atoms with Crippen molar-refractivity contribution in [3.05, 3.63) is 48.0 Å². The number of hydrogen-bond donors (Lipinski definition) is 1. The predicted molar refractivity (Wildman–Crippen MR) is 87.4 cm³/mol. The molecule has 0 radical (unpaired) electrons. The molecule has 0 saturated heterocycles. The Balaban J connectivity index is 2.38. The largest absolute Gasteiger partial charge is 0.445 e. The van der Waals surface area contributed by atoms with Gasteiger partial charge in [0.15, 0.2) is 0 Å². The van der Waals surface area contributed by atoms with E-state index in [1.54, 1.807) is 0 Å². The summed E-state index contributed by atoms with van der Waals surface area (Å²) in [4.78, 5) is 11.7. The zero-order chi connectivity index (χ0) is 15.9. The predicted octanol–water partition coefficient (Wildman–Crippen LogP) is 4.29. The summed E-state index contributed by atoms with van der Waals surface area (Å²) < 4.78 is 5.13. The van der Waals surface area contributed by atoms with Crippen molar-refractivity contribution in [2.75, 3.05) is 13.2 Å². The normalized spacial score (nSPS) is 12.4. The van der Waals surface area contributed by atoms with Crippen LogP contribution in [0.4, 0.5) is 4.79 Å². The van der Waals surface area contributed by atoms with Gasteiger partial charge in [-0.3, -0.25) is 0 Å². The summed E-state index contributed by atoms with van der Waals surface area (Å²) in [5, 5.41) is 2.82. The number of ether oxygens (including phenoxy) is 1. The van der Waals surface area contributed by atoms with Gasteiger partial charge in [-0.05, 0) is 11.0 Å². The van der Waals surface area contributed by atoms with Gasteiger partial charge in [-0.1, -0.05) is 77.1 Å². The second kappa shape index (κ2) is 7.30. The Bertz CT molecular complexity index is 470. The molecule has 1 aromatic carbocycles. The zero-order valence-electron chi connectivity index (χ0n) is 13.8. The molecule has 0 fully saturated rings. The van der Waals surface area contributed by atoms with Crippen molar-refractivity contribution in [1.82, 2.24) is 5.32 Å². The van der Waals surface area contributed by atoms with Gasteiger partial charge in [-0.25, -0.2) is 4.79 Å². The molecule has 0 atom stereocenters. The third kappa shape index (κ3) is 6.98. The molecule has 1 aromatic rings. The van der Waals surface area contributed by atoms with Crippen molar-refractivity contribution >= 4 is 6.09 Å². The van der Waals surface area contributed by atoms with E-state index < -0.39 is 0 Å². The smallest absolute Gasteiger partial charge is 0.407 e. The summed E-state index contributed by atoms with van der Waals surface area (Å²) in [6, 6.07) is 10.1. The lowest BCUT2D eigenvalue weighted by molar-refractivity contribution is 0.155. The van der Waals surface area contributed by atoms with Crippen LogP contribution in [0, 0.1) is 5.41 Å². The number of nitrogens with one attached hydrogen (secondary N) is 1. The molecule has 0 bridgehead atoms. The summed E-state index contributed by atoms with van der Waals surface area (Å²) in [6.45, 7) is 11.3. The molecule has 0 aromatic heterocycles. The van der Waals surface area contributed by atoms with Gasteiger partial charge in [-0.15, -0.1) is 0 Å². The highest BCUT2D eigenvalue weighted by Gasteiger charge is 2.21. The highest BCUT2D eigenvalue weighted by molar-refractivity contribution is 5.67. The van der Waals surface area contributed by atoms with Gasteiger partial charge < -0.3 is 10.1 Å². The van der Waals surface area contributed by atoms with Crippen molar-refractivity contribution in [2.24, 2.45) is 5.41 Å². The van der Waals surface area contributed by atoms with E-state index in [4.69, 9.17) is 4.74 Å². The molecule has 1 rings (SSSR count). The van der Waals surface area contributed by atoms with Crippen LogP contribution in [0.25, 0.3) is 0 Å². The number of allylic oxidation sites excluding steroid dienone is 1. The highest BCUT2D eigenvalue weighted by Crippen LogP contribution is 2.21. The van der Waals surface area contributed by atoms with Gasteiger partial charge in [0, 0.05) is 12.0 Å². The van der Waals surface area contributed by atoms with E-state index in [-0.39, 0.29) is 16.9 Å². The fraction of sp³-hybridized carbons (Fsp3) is 0.500. The fourth-order valence-electron chi connectivity index (χ4n) is 1.86. The van der Waals surface area contributed by atoms with E-state index in [9.17, 15) is 4.79 Å². The molecule has 3 nitrogen and oxygen atoms in total. The van der Waals surface area contributed by atoms with Crippen molar-refractivity contribution < 1.29 is 9.53 Å². The molecule has 0 aliphatic carbocycles. The second-order valence-corrected chi connectivity index (χ2v) is 6.97. The number of amides is 1. The number of benzene rings is 1. The molecule has 0 aliphatic heterocycles. The third-order valence-electron chi connectivity index (χ3n) is 3.16. The first kappa shape index (κ1) is 17.3. The Kier molecular flexibility index (Phi) is 6.01. The second-order valence-electron chi connectivity index (χ2n) is 6.97. The number of carbonyl (C=O) groups excluding carboxylic acids is 1. The Morgan fingerprint density at radius 3 is 2.33 bits per heavy atom. The quantitative estimate of drug-likeness (QED) is 0.821. The molecular formula is C18H27NO2. The molecular weight excluding hydrogens is 262 g/mol. The van der Waals surface area contributed by atoms with Gasteiger partial charge in [0.1, 0.15) is 6.61 Å². The Hall–Kier alpha value is -1.77. The Morgan fingerprint density at radius 1 is 1.14 bits per heavy atom. The molecule has 116 valence electrons. The van der Waals surface area contributed by atoms with Crippen LogP contribution in [0.2, 0.25) is 0 Å². The van der Waals surface area contributed by atoms with E-state index in [1.807, 2.05) is 30.4 Å². The van der Waals surface area contributed by atoms with Crippen LogP contribution in [0.15, 0.2) is 42.5 Å². The first-order chi connectivity index (χ1) is 9.71. The minimum atomic E-state index is -0.377. The monoisotopic (exact) mass is 289 g/mol. The Morgan fingerprint density at radius 2 is 1.76 bits per heavy atom. The zero-order valence-corrected chi connectivity index (χ0v) is 13.8. The average Bonchev–Trinajstić information content (AvgIpc) is 2.41. The maximum absolute atomic E-state index is 11.7. The lowest BCUT2D eigenvalue weighted by Gasteiger charge is -2.25. The molecule has 0 unspecified atom stereocenters. The maximum atomic E-state index is 11.7. The average molecular weight is 289 g/mol. The van der Waals surface area contributed by atoms with Gasteiger partial charge in [0.2, 0.25) is 0 Å². The van der Waals surface area contributed by atoms with E-state index in [1.165, 1.54) is 5.56 Å². The SMILES string of the molecule is CC(C)(C)C=CCOC(=O)NCC(C)(C)c1ccccc1. The van der Waals surface area contributed by atoms with Crippen LogP contribution in [-0.2, 0) is 10.2 Å². The van der Waals surface area contributed by atoms with E-state index in [0.717, 1.165) is 0 Å². The van der Waals surface area contributed by atoms with Gasteiger partial charge in [0.25, 0.3) is 0 Å². The van der Waals surface area contributed by atoms with Crippen LogP contribution in [0.3, 0.4) is 0 Å². The summed E-state index contributed by atoms with van der Waals surface area (Å²) in [7, 11) is 0. The molecule has 0 aliphatic rings. The van der Waals surface area contributed by atoms with Crippen LogP contribution >= 0.6 is 0 Å². The first-order valence-electron chi connectivity index (χ1n) is 7.34. The maximum Gasteiger partial charge on any atom is 0.407 e. The van der Waals surface area contributed by atoms with Crippen molar-refractivity contribution in [3.63, 3.8) is 0 Å². The fourth-order valence-corrected chi connectivity index (χ4v) is 1.86. The first-order valence-corrected chi connectivity index (χ1v) is 7.34. The van der Waals surface area contributed by atoms with Crippen molar-refractivity contribution in [3.8, 4) is 0 Å². The molecule has 3 heteroatoms. The van der Waals surface area contributed by atoms with E-state index in [0.29, 0.717) is 13.2 Å². The summed E-state index contributed by atoms with van der Waals surface area (Å²) >= 11 is 0. The topological polar surface area (TPSA) is 38.3 Å². The molecule has 1 N–H and O–H groups in total. The number of hydrogen-bond acceptors (Lipinski definition) is 2. The molecule has 0 saturated carbocycles. The Labute approximate surface area is 128 Å². The lowest BCUT2D eigenvalue weighted by Crippen LogP contribution is -2.37. The third-order valence-corrected chi connectivity index (χ3v) is 3.16. The van der Waals surface area contributed by atoms with Gasteiger partial charge >= 0.3 is 6.09 Å². The van der Waals surface area contributed by atoms with Crippen LogP contribution in [0.1, 0.15) is 40.2 Å². The molecule has 0 heterocycles. The van der Waals surface area contributed by atoms with Crippen LogP contribution < -0.4 is 5.32 Å². The highest BCUT2D eigenvalue weighted by atomic mass is 16.5. The lowest BCUT2D eigenvalue weighted by atomic mass is 9.85. The summed E-state index contributed by atoms with van der Waals surface area (Å²) in [6.07, 6.45) is 3.54. The van der Waals surface area contributed by atoms with E-state index in [2.05, 4.69) is 52.1 Å². The summed E-state index contributed by atoms with van der Waals surface area (Å²) in [5.41, 5.74) is 1.18. The summed E-state index contributed by atoms with van der Waals surface area (Å²) in [5.74, 6) is 0. The number of carbonyl (C=O) groups is 1. The van der Waals surface area contributed by atoms with Gasteiger partial charge in [-0.2, -0.15) is 0 Å². The van der Waals surface area contributed by atoms with Crippen LogP contribution in [0.5, 0.6) is 0 Å². The molecule has 1 amide bonds. The van der Waals surface area contributed by atoms with Crippen LogP contribution in [-0.4, -0.2) is 19.2 Å². The van der Waals surface area contributed by atoms with E-state index >= 15 is 0 Å². The standard InChI is InChI=1S/C18H27NO2/c1-17(2,3)12-9-13-21-16(20)19-14-18(4,5)15-10-7-6-8-11-15/h6-12H,13-14H2,1-5H3,(H,19,20). The number of rotatable bonds is 5. The van der Waals surface area contributed by atoms with Crippen molar-refractivity contribution in [2.45, 2.75) is 40.0 Å². The minimum Gasteiger partial charge on any atom is -0.445 e. The molecule has 21 heavy (non-hydrogen) atoms. The minimum absolute atomic E-state index is 0.106. The van der Waals surface area contributed by atoms with Gasteiger partial charge in [0.05, 0.1) is 0 Å². The molecule has 0 spiro atoms. The van der Waals surface area contributed by atoms with Crippen molar-refractivity contribution in [1.29, 1.82) is 0 Å². The number of alkyl carbamates (subject to hydrolysis) is 1.